The Labute approximate surface area is 286 Å². The normalized spacial score (nSPS) is 19.0. The molecule has 0 bridgehead atoms. The number of hydrogen-bond donors (Lipinski definition) is 2. The Hall–Kier alpha value is 5.86. The molecule has 0 aliphatic heterocycles. The molecular formula is H2Ca4O20P6. The molecule has 160 valence electrons. The van der Waals surface area contributed by atoms with E-state index >= 15 is 0 Å². The summed E-state index contributed by atoms with van der Waals surface area (Å²) in [5.74, 6) is 0. The Balaban J connectivity index is -0.0000000847. The molecule has 0 aliphatic carbocycles. The van der Waals surface area contributed by atoms with Crippen molar-refractivity contribution in [2.75, 3.05) is 0 Å². The van der Waals surface area contributed by atoms with Crippen molar-refractivity contribution in [1.29, 1.82) is 0 Å². The number of phosphoric acid groups is 6. The minimum atomic E-state index is -5.95. The van der Waals surface area contributed by atoms with Crippen LogP contribution in [0.15, 0.2) is 0 Å². The molecule has 30 heavy (non-hydrogen) atoms. The van der Waals surface area contributed by atoms with Gasteiger partial charge in [0.05, 0.1) is 15.6 Å². The van der Waals surface area contributed by atoms with E-state index in [1.165, 1.54) is 0 Å². The van der Waals surface area contributed by atoms with Gasteiger partial charge >= 0.3 is 151 Å². The van der Waals surface area contributed by atoms with E-state index in [-0.39, 0.29) is 151 Å². The molecule has 0 saturated heterocycles. The van der Waals surface area contributed by atoms with Crippen molar-refractivity contribution in [3.63, 3.8) is 0 Å². The Morgan fingerprint density at radius 1 is 0.433 bits per heavy atom. The van der Waals surface area contributed by atoms with Crippen LogP contribution in [0, 0.1) is 0 Å². The minimum absolute atomic E-state index is 0. The molecule has 0 spiro atoms. The maximum absolute atomic E-state index is 10.1. The summed E-state index contributed by atoms with van der Waals surface area (Å²) in [4.78, 5) is 94.0. The molecule has 20 nitrogen and oxygen atoms in total. The predicted octanol–water partition coefficient (Wildman–Crippen LogP) is -7.97. The molecule has 0 aliphatic rings. The average molecular weight is 668 g/mol. The standard InChI is InChI=1S/4Ca.2H5O10P3/c;;;;2*1-11(2,3)9-13(7,8)10-12(4,5)6/h;;;;2*(H,7,8)(H2,1,2,3)(H2,4,5,6)/q4*+2;;/p-8. The molecular weight excluding hydrogens is 666 g/mol. The van der Waals surface area contributed by atoms with E-state index in [0.29, 0.717) is 0 Å². The summed E-state index contributed by atoms with van der Waals surface area (Å²) < 4.78 is 70.0. The SMILES string of the molecule is O=P([O-])([O-])OP(=O)([O-])OP(=O)([O-])O.O=P([O-])([O-])OP(=O)([O-])OP(=O)([O-])O.[Ca+2].[Ca+2].[Ca+2].[Ca+2]. The van der Waals surface area contributed by atoms with E-state index < -0.39 is 46.9 Å². The van der Waals surface area contributed by atoms with Gasteiger partial charge in [0.1, 0.15) is 0 Å². The van der Waals surface area contributed by atoms with Crippen LogP contribution in [-0.4, -0.2) is 161 Å². The number of hydrogen-bond acceptors (Lipinski definition) is 18. The zero-order valence-electron chi connectivity index (χ0n) is 13.8. The topological polar surface area (TPSA) is 364 Å². The van der Waals surface area contributed by atoms with E-state index in [0.717, 1.165) is 0 Å². The smallest absolute Gasteiger partial charge is 0.790 e. The summed E-state index contributed by atoms with van der Waals surface area (Å²) >= 11 is 0. The molecule has 0 aromatic rings. The second-order valence-corrected chi connectivity index (χ2v) is 11.1. The summed E-state index contributed by atoms with van der Waals surface area (Å²) in [5, 5.41) is 0. The zero-order valence-corrected chi connectivity index (χ0v) is 28.0. The molecule has 0 heterocycles. The van der Waals surface area contributed by atoms with Crippen LogP contribution in [0.3, 0.4) is 0 Å². The summed E-state index contributed by atoms with van der Waals surface area (Å²) in [6, 6.07) is 0. The van der Waals surface area contributed by atoms with E-state index in [1.807, 2.05) is 0 Å². The van der Waals surface area contributed by atoms with Crippen LogP contribution in [0.1, 0.15) is 0 Å². The molecule has 4 unspecified atom stereocenters. The van der Waals surface area contributed by atoms with Crippen molar-refractivity contribution in [2.45, 2.75) is 0 Å². The van der Waals surface area contributed by atoms with Gasteiger partial charge in [-0.3, -0.25) is 26.9 Å². The summed E-state index contributed by atoms with van der Waals surface area (Å²) in [6.45, 7) is 0. The van der Waals surface area contributed by atoms with Crippen molar-refractivity contribution >= 4 is 198 Å². The largest absolute Gasteiger partial charge is 2.00 e. The van der Waals surface area contributed by atoms with Crippen LogP contribution in [0.4, 0.5) is 0 Å². The maximum Gasteiger partial charge on any atom is 2.00 e. The monoisotopic (exact) mass is 668 g/mol. The van der Waals surface area contributed by atoms with Gasteiger partial charge in [0.2, 0.25) is 0 Å². The molecule has 2 N–H and O–H groups in total. The second kappa shape index (κ2) is 19.0. The first-order valence-corrected chi connectivity index (χ1v) is 13.2. The molecule has 0 rings (SSSR count). The molecule has 4 atom stereocenters. The molecule has 0 fully saturated rings. The van der Waals surface area contributed by atoms with Crippen molar-refractivity contribution in [3.05, 3.63) is 0 Å². The van der Waals surface area contributed by atoms with Crippen molar-refractivity contribution in [2.24, 2.45) is 0 Å². The van der Waals surface area contributed by atoms with Gasteiger partial charge < -0.3 is 58.1 Å². The molecule has 0 saturated carbocycles. The van der Waals surface area contributed by atoms with Gasteiger partial charge in [0.15, 0.2) is 0 Å². The van der Waals surface area contributed by atoms with Crippen LogP contribution < -0.4 is 39.1 Å². The predicted molar refractivity (Wildman–Crippen MR) is 77.4 cm³/mol. The molecule has 0 radical (unpaired) electrons. The van der Waals surface area contributed by atoms with Gasteiger partial charge in [0.25, 0.3) is 31.3 Å². The maximum atomic E-state index is 10.1. The van der Waals surface area contributed by atoms with Gasteiger partial charge in [-0.25, -0.2) is 8.62 Å². The first kappa shape index (κ1) is 48.9. The molecule has 0 aromatic heterocycles. The molecule has 0 aromatic carbocycles. The van der Waals surface area contributed by atoms with Gasteiger partial charge in [-0.1, -0.05) is 0 Å². The summed E-state index contributed by atoms with van der Waals surface area (Å²) in [7, 11) is -35.1. The third kappa shape index (κ3) is 41.0. The van der Waals surface area contributed by atoms with Crippen molar-refractivity contribution in [3.8, 4) is 0 Å². The van der Waals surface area contributed by atoms with Crippen LogP contribution in [0.5, 0.6) is 0 Å². The second-order valence-electron chi connectivity index (χ2n) is 3.05. The number of rotatable bonds is 8. The van der Waals surface area contributed by atoms with Crippen molar-refractivity contribution in [1.82, 2.24) is 0 Å². The first-order chi connectivity index (χ1) is 10.8. The Kier molecular flexibility index (Phi) is 31.0. The Bertz CT molecular complexity index is 625. The average Bonchev–Trinajstić information content (AvgIpc) is 1.97. The van der Waals surface area contributed by atoms with E-state index in [9.17, 15) is 66.5 Å². The van der Waals surface area contributed by atoms with Crippen molar-refractivity contribution < 1.29 is 93.6 Å². The van der Waals surface area contributed by atoms with Gasteiger partial charge in [0, 0.05) is 0 Å². The van der Waals surface area contributed by atoms with E-state index in [2.05, 4.69) is 17.2 Å². The first-order valence-electron chi connectivity index (χ1n) is 4.42. The zero-order chi connectivity index (χ0) is 21.8. The van der Waals surface area contributed by atoms with Crippen LogP contribution in [0.25, 0.3) is 0 Å². The summed E-state index contributed by atoms with van der Waals surface area (Å²) in [5.41, 5.74) is 0. The third-order valence-electron chi connectivity index (χ3n) is 0.806. The van der Waals surface area contributed by atoms with Gasteiger partial charge in [-0.05, 0) is 0 Å². The fourth-order valence-corrected chi connectivity index (χ4v) is 5.28. The molecule has 0 amide bonds. The quantitative estimate of drug-likeness (QED) is 0.179. The van der Waals surface area contributed by atoms with E-state index in [4.69, 9.17) is 9.79 Å². The van der Waals surface area contributed by atoms with E-state index in [1.54, 1.807) is 0 Å². The van der Waals surface area contributed by atoms with Crippen LogP contribution in [-0.2, 0) is 44.6 Å². The fourth-order valence-electron chi connectivity index (χ4n) is 0.528. The van der Waals surface area contributed by atoms with Gasteiger partial charge in [-0.15, -0.1) is 0 Å². The Morgan fingerprint density at radius 3 is 0.700 bits per heavy atom. The minimum Gasteiger partial charge on any atom is -0.790 e. The Morgan fingerprint density at radius 2 is 0.600 bits per heavy atom. The fraction of sp³-hybridized carbons (Fsp3) is 0. The van der Waals surface area contributed by atoms with Crippen LogP contribution >= 0.6 is 46.9 Å². The van der Waals surface area contributed by atoms with Crippen LogP contribution in [0.2, 0.25) is 0 Å². The third-order valence-corrected chi connectivity index (χ3v) is 7.26. The summed E-state index contributed by atoms with van der Waals surface area (Å²) in [6.07, 6.45) is 0. The molecule has 30 heteroatoms. The van der Waals surface area contributed by atoms with Gasteiger partial charge in [-0.2, -0.15) is 0 Å².